The van der Waals surface area contributed by atoms with E-state index in [2.05, 4.69) is 133 Å². The Bertz CT molecular complexity index is 1290. The standard InChI is InChI=1S/C35H44OP2/c1-25-15-14-18-27(24-37-29-19-12-9-13-20-29)33(25)38-31-22-28(34(2,3)4)21-30(35(5,6)7)32(31)36-23-26-16-10-8-11-17-26/h8-16,18-22,26,37-38H,17,23-24H2,1-7H3. The minimum atomic E-state index is -0.0125. The van der Waals surface area contributed by atoms with E-state index in [4.69, 9.17) is 4.74 Å². The van der Waals surface area contributed by atoms with E-state index in [-0.39, 0.29) is 10.8 Å². The maximum Gasteiger partial charge on any atom is 0.130 e. The fraction of sp³-hybridized carbons (Fsp3) is 0.371. The van der Waals surface area contributed by atoms with E-state index in [1.807, 2.05) is 0 Å². The molecule has 0 heterocycles. The molecule has 1 aliphatic rings. The van der Waals surface area contributed by atoms with Gasteiger partial charge in [-0.3, -0.25) is 0 Å². The third-order valence-corrected chi connectivity index (χ3v) is 10.1. The third kappa shape index (κ3) is 7.46. The first-order valence-electron chi connectivity index (χ1n) is 13.8. The van der Waals surface area contributed by atoms with Crippen LogP contribution >= 0.6 is 17.2 Å². The molecule has 0 N–H and O–H groups in total. The highest BCUT2D eigenvalue weighted by molar-refractivity contribution is 7.56. The van der Waals surface area contributed by atoms with Crippen LogP contribution < -0.4 is 20.7 Å². The third-order valence-electron chi connectivity index (χ3n) is 7.15. The summed E-state index contributed by atoms with van der Waals surface area (Å²) in [5, 5.41) is 4.25. The molecular weight excluding hydrogens is 498 g/mol. The average molecular weight is 543 g/mol. The Balaban J connectivity index is 1.75. The van der Waals surface area contributed by atoms with Gasteiger partial charge in [0, 0.05) is 16.8 Å². The fourth-order valence-corrected chi connectivity index (χ4v) is 7.48. The lowest BCUT2D eigenvalue weighted by Gasteiger charge is -2.30. The predicted octanol–water partition coefficient (Wildman–Crippen LogP) is 8.23. The number of allylic oxidation sites excluding steroid dienone is 3. The first-order chi connectivity index (χ1) is 18.0. The van der Waals surface area contributed by atoms with Gasteiger partial charge in [-0.25, -0.2) is 0 Å². The Labute approximate surface area is 234 Å². The average Bonchev–Trinajstić information content (AvgIpc) is 2.88. The van der Waals surface area contributed by atoms with Gasteiger partial charge in [0.25, 0.3) is 0 Å². The van der Waals surface area contributed by atoms with E-state index in [0.29, 0.717) is 21.1 Å². The molecule has 3 atom stereocenters. The Kier molecular flexibility index (Phi) is 9.34. The maximum absolute atomic E-state index is 6.81. The monoisotopic (exact) mass is 542 g/mol. The van der Waals surface area contributed by atoms with E-state index >= 15 is 0 Å². The topological polar surface area (TPSA) is 9.23 Å². The highest BCUT2D eigenvalue weighted by atomic mass is 31.1. The van der Waals surface area contributed by atoms with Gasteiger partial charge in [0.2, 0.25) is 0 Å². The fourth-order valence-electron chi connectivity index (χ4n) is 4.76. The van der Waals surface area contributed by atoms with Gasteiger partial charge in [-0.05, 0) is 63.7 Å². The minimum absolute atomic E-state index is 0.0125. The maximum atomic E-state index is 6.81. The largest absolute Gasteiger partial charge is 0.492 e. The molecule has 38 heavy (non-hydrogen) atoms. The van der Waals surface area contributed by atoms with Crippen LogP contribution in [-0.2, 0) is 17.0 Å². The SMILES string of the molecule is Cc1cccc(CPc2ccccc2)c1Pc1cc(C(C)(C)C)cc(C(C)(C)C)c1OCC1C=CC=CC1. The molecule has 0 saturated heterocycles. The van der Waals surface area contributed by atoms with Crippen LogP contribution in [0.25, 0.3) is 0 Å². The van der Waals surface area contributed by atoms with Crippen molar-refractivity contribution in [2.45, 2.75) is 71.9 Å². The van der Waals surface area contributed by atoms with Crippen molar-refractivity contribution >= 4 is 33.1 Å². The molecule has 3 aromatic rings. The van der Waals surface area contributed by atoms with Gasteiger partial charge in [-0.2, -0.15) is 0 Å². The molecule has 0 radical (unpaired) electrons. The molecule has 3 heteroatoms. The van der Waals surface area contributed by atoms with E-state index in [0.717, 1.165) is 26.9 Å². The molecule has 0 saturated carbocycles. The predicted molar refractivity (Wildman–Crippen MR) is 173 cm³/mol. The van der Waals surface area contributed by atoms with Crippen molar-refractivity contribution in [1.29, 1.82) is 0 Å². The van der Waals surface area contributed by atoms with Crippen molar-refractivity contribution in [2.24, 2.45) is 5.92 Å². The molecule has 200 valence electrons. The first kappa shape index (κ1) is 28.8. The lowest BCUT2D eigenvalue weighted by Crippen LogP contribution is -2.25. The summed E-state index contributed by atoms with van der Waals surface area (Å²) in [5.74, 6) is 1.53. The van der Waals surface area contributed by atoms with Crippen molar-refractivity contribution < 1.29 is 4.74 Å². The number of rotatable bonds is 8. The zero-order valence-corrected chi connectivity index (χ0v) is 26.2. The van der Waals surface area contributed by atoms with Gasteiger partial charge in [-0.15, -0.1) is 0 Å². The van der Waals surface area contributed by atoms with Crippen molar-refractivity contribution in [3.63, 3.8) is 0 Å². The van der Waals surface area contributed by atoms with Crippen LogP contribution in [0.5, 0.6) is 5.75 Å². The minimum Gasteiger partial charge on any atom is -0.492 e. The van der Waals surface area contributed by atoms with Gasteiger partial charge in [0.15, 0.2) is 0 Å². The molecule has 3 aromatic carbocycles. The Morgan fingerprint density at radius 3 is 2.29 bits per heavy atom. The highest BCUT2D eigenvalue weighted by Crippen LogP contribution is 2.38. The van der Waals surface area contributed by atoms with Crippen LogP contribution in [0, 0.1) is 12.8 Å². The van der Waals surface area contributed by atoms with Gasteiger partial charge >= 0.3 is 0 Å². The summed E-state index contributed by atoms with van der Waals surface area (Å²) >= 11 is 0. The molecule has 3 unspecified atom stereocenters. The van der Waals surface area contributed by atoms with Crippen molar-refractivity contribution in [2.75, 3.05) is 6.61 Å². The van der Waals surface area contributed by atoms with Crippen LogP contribution in [0.15, 0.2) is 85.0 Å². The van der Waals surface area contributed by atoms with E-state index in [1.54, 1.807) is 0 Å². The summed E-state index contributed by atoms with van der Waals surface area (Å²) in [7, 11) is 1.33. The number of benzene rings is 3. The Morgan fingerprint density at radius 1 is 0.868 bits per heavy atom. The lowest BCUT2D eigenvalue weighted by atomic mass is 9.80. The molecule has 0 amide bonds. The van der Waals surface area contributed by atoms with Crippen LogP contribution in [0.3, 0.4) is 0 Å². The van der Waals surface area contributed by atoms with Gasteiger partial charge in [0.05, 0.1) is 6.61 Å². The lowest BCUT2D eigenvalue weighted by molar-refractivity contribution is 0.271. The molecule has 0 fully saturated rings. The Morgan fingerprint density at radius 2 is 1.63 bits per heavy atom. The molecule has 1 nitrogen and oxygen atoms in total. The number of hydrogen-bond acceptors (Lipinski definition) is 1. The summed E-state index contributed by atoms with van der Waals surface area (Å²) in [5.41, 5.74) is 5.61. The first-order valence-corrected chi connectivity index (χ1v) is 16.0. The molecule has 4 rings (SSSR count). The van der Waals surface area contributed by atoms with Gasteiger partial charge < -0.3 is 4.74 Å². The number of ether oxygens (including phenoxy) is 1. The van der Waals surface area contributed by atoms with Gasteiger partial charge in [-0.1, -0.05) is 138 Å². The summed E-state index contributed by atoms with van der Waals surface area (Å²) < 4.78 is 6.81. The highest BCUT2D eigenvalue weighted by Gasteiger charge is 2.27. The smallest absolute Gasteiger partial charge is 0.130 e. The summed E-state index contributed by atoms with van der Waals surface area (Å²) in [6.07, 6.45) is 10.9. The number of aryl methyl sites for hydroxylation is 1. The summed E-state index contributed by atoms with van der Waals surface area (Å²) in [6, 6.07) is 22.6. The second kappa shape index (κ2) is 12.3. The van der Waals surface area contributed by atoms with Crippen LogP contribution in [0.2, 0.25) is 0 Å². The summed E-state index contributed by atoms with van der Waals surface area (Å²) in [6.45, 7) is 16.9. The molecular formula is C35H44OP2. The van der Waals surface area contributed by atoms with E-state index in [1.165, 1.54) is 38.2 Å². The van der Waals surface area contributed by atoms with Crippen molar-refractivity contribution in [3.05, 3.63) is 107 Å². The number of hydrogen-bond donors (Lipinski definition) is 0. The molecule has 0 bridgehead atoms. The van der Waals surface area contributed by atoms with E-state index in [9.17, 15) is 0 Å². The zero-order valence-electron chi connectivity index (χ0n) is 24.2. The quantitative estimate of drug-likeness (QED) is 0.261. The zero-order chi connectivity index (χ0) is 27.3. The van der Waals surface area contributed by atoms with Crippen LogP contribution in [0.1, 0.15) is 70.2 Å². The molecule has 0 spiro atoms. The van der Waals surface area contributed by atoms with Crippen LogP contribution in [-0.4, -0.2) is 6.61 Å². The second-order valence-corrected chi connectivity index (χ2v) is 15.0. The normalized spacial score (nSPS) is 16.2. The van der Waals surface area contributed by atoms with E-state index < -0.39 is 0 Å². The van der Waals surface area contributed by atoms with Crippen molar-refractivity contribution in [1.82, 2.24) is 0 Å². The Hall–Kier alpha value is -2.20. The van der Waals surface area contributed by atoms with Gasteiger partial charge in [0.1, 0.15) is 5.75 Å². The van der Waals surface area contributed by atoms with Crippen molar-refractivity contribution in [3.8, 4) is 5.75 Å². The van der Waals surface area contributed by atoms with Crippen LogP contribution in [0.4, 0.5) is 0 Å². The molecule has 1 aliphatic carbocycles. The molecule has 0 aliphatic heterocycles. The second-order valence-electron chi connectivity index (χ2n) is 12.5. The molecule has 0 aromatic heterocycles. The summed E-state index contributed by atoms with van der Waals surface area (Å²) in [4.78, 5) is 0.